The molecule has 1 aromatic carbocycles. The molecular formula is C23H25ClFN7O. The Morgan fingerprint density at radius 2 is 1.73 bits per heavy atom. The fraction of sp³-hybridized carbons (Fsp3) is 0.391. The summed E-state index contributed by atoms with van der Waals surface area (Å²) in [6.07, 6.45) is 3.25. The molecule has 33 heavy (non-hydrogen) atoms. The first kappa shape index (κ1) is 21.8. The molecule has 0 aliphatic carbocycles. The standard InChI is InChI=1S/C23H25ClFN7O/c1-16-15-31(22-21(24)26-6-7-27-22)8-9-32(16)20-14-19(17-2-4-18(25)5-3-17)28-23(29-20)30-10-12-33-13-11-30/h2-7,14,16H,8-13,15H2,1H3/t16-/m1/s1. The summed E-state index contributed by atoms with van der Waals surface area (Å²) in [7, 11) is 0. The topological polar surface area (TPSA) is 70.5 Å². The van der Waals surface area contributed by atoms with E-state index in [1.165, 1.54) is 12.1 Å². The SMILES string of the molecule is C[C@@H]1CN(c2nccnc2Cl)CCN1c1cc(-c2ccc(F)cc2)nc(N2CCOCC2)n1. The molecule has 2 aromatic heterocycles. The molecule has 0 N–H and O–H groups in total. The molecule has 0 amide bonds. The van der Waals surface area contributed by atoms with Crippen LogP contribution in [0.5, 0.6) is 0 Å². The maximum Gasteiger partial charge on any atom is 0.228 e. The summed E-state index contributed by atoms with van der Waals surface area (Å²) in [5, 5.41) is 0.411. The van der Waals surface area contributed by atoms with Crippen LogP contribution in [0.4, 0.5) is 22.0 Å². The lowest BCUT2D eigenvalue weighted by molar-refractivity contribution is 0.122. The second-order valence-corrected chi connectivity index (χ2v) is 8.53. The van der Waals surface area contributed by atoms with Crippen LogP contribution in [-0.4, -0.2) is 71.9 Å². The minimum absolute atomic E-state index is 0.158. The molecule has 1 atom stereocenters. The smallest absolute Gasteiger partial charge is 0.228 e. The first-order valence-electron chi connectivity index (χ1n) is 11.0. The highest BCUT2D eigenvalue weighted by Crippen LogP contribution is 2.29. The zero-order valence-corrected chi connectivity index (χ0v) is 19.1. The van der Waals surface area contributed by atoms with Crippen molar-refractivity contribution in [2.24, 2.45) is 0 Å². The Morgan fingerprint density at radius 1 is 0.970 bits per heavy atom. The van der Waals surface area contributed by atoms with Crippen molar-refractivity contribution in [3.63, 3.8) is 0 Å². The zero-order chi connectivity index (χ0) is 22.8. The minimum Gasteiger partial charge on any atom is -0.378 e. The monoisotopic (exact) mass is 469 g/mol. The van der Waals surface area contributed by atoms with Gasteiger partial charge in [0.25, 0.3) is 0 Å². The van der Waals surface area contributed by atoms with Gasteiger partial charge in [0, 0.05) is 62.8 Å². The van der Waals surface area contributed by atoms with E-state index in [9.17, 15) is 4.39 Å². The second-order valence-electron chi connectivity index (χ2n) is 8.18. The van der Waals surface area contributed by atoms with E-state index in [4.69, 9.17) is 26.3 Å². The number of anilines is 3. The maximum atomic E-state index is 13.5. The van der Waals surface area contributed by atoms with E-state index in [1.54, 1.807) is 24.5 Å². The van der Waals surface area contributed by atoms with E-state index >= 15 is 0 Å². The van der Waals surface area contributed by atoms with Crippen LogP contribution in [0.25, 0.3) is 11.3 Å². The van der Waals surface area contributed by atoms with Crippen molar-refractivity contribution in [1.82, 2.24) is 19.9 Å². The minimum atomic E-state index is -0.270. The van der Waals surface area contributed by atoms with E-state index < -0.39 is 0 Å². The largest absolute Gasteiger partial charge is 0.378 e. The Hall–Kier alpha value is -3.04. The van der Waals surface area contributed by atoms with Crippen molar-refractivity contribution in [3.05, 3.63) is 53.7 Å². The third kappa shape index (κ3) is 4.69. The molecule has 2 aliphatic rings. The Bertz CT molecular complexity index is 1110. The first-order valence-corrected chi connectivity index (χ1v) is 11.4. The van der Waals surface area contributed by atoms with Crippen molar-refractivity contribution < 1.29 is 9.13 Å². The summed E-state index contributed by atoms with van der Waals surface area (Å²) < 4.78 is 19.0. The normalized spacial score (nSPS) is 19.1. The van der Waals surface area contributed by atoms with Crippen molar-refractivity contribution in [2.75, 3.05) is 60.6 Å². The lowest BCUT2D eigenvalue weighted by atomic mass is 10.1. The van der Waals surface area contributed by atoms with Gasteiger partial charge in [0.2, 0.25) is 5.95 Å². The summed E-state index contributed by atoms with van der Waals surface area (Å²) in [6.45, 7) is 7.15. The fourth-order valence-corrected chi connectivity index (χ4v) is 4.48. The number of hydrogen-bond donors (Lipinski definition) is 0. The summed E-state index contributed by atoms with van der Waals surface area (Å²) >= 11 is 6.27. The van der Waals surface area contributed by atoms with Crippen LogP contribution in [0.1, 0.15) is 6.92 Å². The average molecular weight is 470 g/mol. The molecule has 3 aromatic rings. The van der Waals surface area contributed by atoms with Gasteiger partial charge < -0.3 is 19.4 Å². The number of nitrogens with zero attached hydrogens (tertiary/aromatic N) is 7. The van der Waals surface area contributed by atoms with Crippen LogP contribution in [0.3, 0.4) is 0 Å². The molecule has 4 heterocycles. The Labute approximate surface area is 197 Å². The van der Waals surface area contributed by atoms with Gasteiger partial charge in [0.05, 0.1) is 18.9 Å². The predicted molar refractivity (Wildman–Crippen MR) is 127 cm³/mol. The van der Waals surface area contributed by atoms with Crippen molar-refractivity contribution >= 4 is 29.2 Å². The van der Waals surface area contributed by atoms with E-state index in [0.717, 1.165) is 49.8 Å². The molecule has 0 spiro atoms. The highest BCUT2D eigenvalue weighted by Gasteiger charge is 2.28. The number of ether oxygens (including phenoxy) is 1. The van der Waals surface area contributed by atoms with E-state index in [2.05, 4.69) is 31.6 Å². The Kier molecular flexibility index (Phi) is 6.24. The number of hydrogen-bond acceptors (Lipinski definition) is 8. The van der Waals surface area contributed by atoms with Gasteiger partial charge in [-0.25, -0.2) is 19.3 Å². The molecule has 2 saturated heterocycles. The van der Waals surface area contributed by atoms with Gasteiger partial charge >= 0.3 is 0 Å². The van der Waals surface area contributed by atoms with E-state index in [-0.39, 0.29) is 11.9 Å². The van der Waals surface area contributed by atoms with Crippen LogP contribution in [-0.2, 0) is 4.74 Å². The van der Waals surface area contributed by atoms with Gasteiger partial charge in [0.1, 0.15) is 11.6 Å². The lowest BCUT2D eigenvalue weighted by Gasteiger charge is -2.41. The quantitative estimate of drug-likeness (QED) is 0.576. The summed E-state index contributed by atoms with van der Waals surface area (Å²) in [5.41, 5.74) is 1.63. The number of piperazine rings is 1. The van der Waals surface area contributed by atoms with Crippen LogP contribution in [0.2, 0.25) is 5.15 Å². The van der Waals surface area contributed by atoms with Crippen molar-refractivity contribution in [3.8, 4) is 11.3 Å². The highest BCUT2D eigenvalue weighted by atomic mass is 35.5. The molecule has 10 heteroatoms. The van der Waals surface area contributed by atoms with Gasteiger partial charge in [0.15, 0.2) is 11.0 Å². The average Bonchev–Trinajstić information content (AvgIpc) is 2.85. The van der Waals surface area contributed by atoms with Crippen LogP contribution in [0.15, 0.2) is 42.7 Å². The molecule has 5 rings (SSSR count). The third-order valence-electron chi connectivity index (χ3n) is 5.99. The van der Waals surface area contributed by atoms with Crippen LogP contribution < -0.4 is 14.7 Å². The molecule has 0 unspecified atom stereocenters. The molecule has 2 aliphatic heterocycles. The summed E-state index contributed by atoms with van der Waals surface area (Å²) in [6, 6.07) is 8.56. The highest BCUT2D eigenvalue weighted by molar-refractivity contribution is 6.31. The molecular weight excluding hydrogens is 445 g/mol. The van der Waals surface area contributed by atoms with Gasteiger partial charge in [-0.15, -0.1) is 0 Å². The van der Waals surface area contributed by atoms with Gasteiger partial charge in [-0.2, -0.15) is 4.98 Å². The predicted octanol–water partition coefficient (Wildman–Crippen LogP) is 3.28. The molecule has 0 radical (unpaired) electrons. The number of rotatable bonds is 4. The molecule has 8 nitrogen and oxygen atoms in total. The van der Waals surface area contributed by atoms with E-state index in [0.29, 0.717) is 30.1 Å². The fourth-order valence-electron chi connectivity index (χ4n) is 4.26. The summed E-state index contributed by atoms with van der Waals surface area (Å²) in [5.74, 6) is 1.95. The van der Waals surface area contributed by atoms with Crippen molar-refractivity contribution in [2.45, 2.75) is 13.0 Å². The lowest BCUT2D eigenvalue weighted by Crippen LogP contribution is -2.53. The molecule has 0 saturated carbocycles. The van der Waals surface area contributed by atoms with Crippen molar-refractivity contribution in [1.29, 1.82) is 0 Å². The molecule has 0 bridgehead atoms. The zero-order valence-electron chi connectivity index (χ0n) is 18.4. The van der Waals surface area contributed by atoms with Gasteiger partial charge in [-0.05, 0) is 31.2 Å². The summed E-state index contributed by atoms with van der Waals surface area (Å²) in [4.78, 5) is 24.9. The second kappa shape index (κ2) is 9.44. The number of morpholine rings is 1. The maximum absolute atomic E-state index is 13.5. The van der Waals surface area contributed by atoms with Crippen LogP contribution >= 0.6 is 11.6 Å². The number of halogens is 2. The van der Waals surface area contributed by atoms with Crippen LogP contribution in [0, 0.1) is 5.82 Å². The van der Waals surface area contributed by atoms with E-state index in [1.807, 2.05) is 6.07 Å². The van der Waals surface area contributed by atoms with Gasteiger partial charge in [-0.1, -0.05) is 11.6 Å². The Balaban J connectivity index is 1.46. The molecule has 172 valence electrons. The third-order valence-corrected chi connectivity index (χ3v) is 6.26. The number of aromatic nitrogens is 4. The number of benzene rings is 1. The Morgan fingerprint density at radius 3 is 2.45 bits per heavy atom. The first-order chi connectivity index (χ1) is 16.1. The molecule has 2 fully saturated rings. The van der Waals surface area contributed by atoms with Gasteiger partial charge in [-0.3, -0.25) is 0 Å².